The predicted octanol–water partition coefficient (Wildman–Crippen LogP) is 4.33. The van der Waals surface area contributed by atoms with E-state index in [9.17, 15) is 22.0 Å². The highest BCUT2D eigenvalue weighted by molar-refractivity contribution is 7.92. The highest BCUT2D eigenvalue weighted by Crippen LogP contribution is 2.20. The third kappa shape index (κ3) is 4.52. The Balaban J connectivity index is 1.80. The molecule has 3 aromatic rings. The van der Waals surface area contributed by atoms with Crippen LogP contribution < -0.4 is 10.0 Å². The number of rotatable bonds is 5. The lowest BCUT2D eigenvalue weighted by atomic mass is 10.2. The topological polar surface area (TPSA) is 75.3 Å². The molecule has 3 aromatic carbocycles. The van der Waals surface area contributed by atoms with Crippen molar-refractivity contribution in [2.45, 2.75) is 11.8 Å². The number of hydrogen-bond donors (Lipinski definition) is 2. The first kappa shape index (κ1) is 19.5. The van der Waals surface area contributed by atoms with Gasteiger partial charge in [0.15, 0.2) is 0 Å². The number of hydrogen-bond acceptors (Lipinski definition) is 3. The van der Waals surface area contributed by atoms with Crippen molar-refractivity contribution in [1.29, 1.82) is 0 Å². The largest absolute Gasteiger partial charge is 0.322 e. The second-order valence-corrected chi connectivity index (χ2v) is 7.74. The van der Waals surface area contributed by atoms with Crippen molar-refractivity contribution in [2.75, 3.05) is 10.0 Å². The van der Waals surface area contributed by atoms with E-state index in [-0.39, 0.29) is 21.8 Å². The summed E-state index contributed by atoms with van der Waals surface area (Å²) in [4.78, 5) is 12.1. The molecule has 144 valence electrons. The van der Waals surface area contributed by atoms with E-state index >= 15 is 0 Å². The number of benzene rings is 3. The fourth-order valence-electron chi connectivity index (χ4n) is 2.45. The SMILES string of the molecule is Cc1ccc(S(=O)(=O)Nc2cccc(C(=O)Nc3cccc(F)c3)c2)cc1F. The van der Waals surface area contributed by atoms with E-state index in [0.29, 0.717) is 5.56 Å². The van der Waals surface area contributed by atoms with Gasteiger partial charge in [0.1, 0.15) is 11.6 Å². The molecular weight excluding hydrogens is 386 g/mol. The Morgan fingerprint density at radius 3 is 2.32 bits per heavy atom. The van der Waals surface area contributed by atoms with Crippen LogP contribution in [0.25, 0.3) is 0 Å². The summed E-state index contributed by atoms with van der Waals surface area (Å²) in [5, 5.41) is 2.53. The van der Waals surface area contributed by atoms with Crippen molar-refractivity contribution < 1.29 is 22.0 Å². The lowest BCUT2D eigenvalue weighted by Gasteiger charge is -2.11. The third-order valence-electron chi connectivity index (χ3n) is 3.91. The molecule has 0 bridgehead atoms. The minimum Gasteiger partial charge on any atom is -0.322 e. The number of anilines is 2. The summed E-state index contributed by atoms with van der Waals surface area (Å²) >= 11 is 0. The first-order valence-electron chi connectivity index (χ1n) is 8.20. The second kappa shape index (κ2) is 7.77. The van der Waals surface area contributed by atoms with Gasteiger partial charge in [-0.2, -0.15) is 0 Å². The number of carbonyl (C=O) groups excluding carboxylic acids is 1. The van der Waals surface area contributed by atoms with Crippen molar-refractivity contribution >= 4 is 27.3 Å². The van der Waals surface area contributed by atoms with Gasteiger partial charge in [-0.25, -0.2) is 17.2 Å². The average Bonchev–Trinajstić information content (AvgIpc) is 2.63. The van der Waals surface area contributed by atoms with Gasteiger partial charge in [0, 0.05) is 16.9 Å². The molecule has 0 aromatic heterocycles. The van der Waals surface area contributed by atoms with Crippen LogP contribution in [0.2, 0.25) is 0 Å². The molecule has 0 saturated heterocycles. The molecule has 3 rings (SSSR count). The smallest absolute Gasteiger partial charge is 0.261 e. The maximum atomic E-state index is 13.7. The second-order valence-electron chi connectivity index (χ2n) is 6.06. The van der Waals surface area contributed by atoms with Crippen LogP contribution in [0.15, 0.2) is 71.6 Å². The lowest BCUT2D eigenvalue weighted by molar-refractivity contribution is 0.102. The number of carbonyl (C=O) groups is 1. The van der Waals surface area contributed by atoms with Crippen LogP contribution >= 0.6 is 0 Å². The van der Waals surface area contributed by atoms with Crippen LogP contribution in [0.1, 0.15) is 15.9 Å². The van der Waals surface area contributed by atoms with Crippen LogP contribution in [0, 0.1) is 18.6 Å². The van der Waals surface area contributed by atoms with Gasteiger partial charge in [0.2, 0.25) is 0 Å². The number of sulfonamides is 1. The maximum Gasteiger partial charge on any atom is 0.261 e. The van der Waals surface area contributed by atoms with Gasteiger partial charge in [-0.15, -0.1) is 0 Å². The van der Waals surface area contributed by atoms with Gasteiger partial charge < -0.3 is 5.32 Å². The first-order valence-corrected chi connectivity index (χ1v) is 9.69. The molecule has 1 amide bonds. The van der Waals surface area contributed by atoms with Gasteiger partial charge >= 0.3 is 0 Å². The van der Waals surface area contributed by atoms with Crippen LogP contribution in [0.5, 0.6) is 0 Å². The monoisotopic (exact) mass is 402 g/mol. The summed E-state index contributed by atoms with van der Waals surface area (Å²) < 4.78 is 54.1. The van der Waals surface area contributed by atoms with E-state index in [2.05, 4.69) is 10.0 Å². The Bertz CT molecular complexity index is 1150. The summed E-state index contributed by atoms with van der Waals surface area (Å²) in [7, 11) is -4.03. The summed E-state index contributed by atoms with van der Waals surface area (Å²) in [6.07, 6.45) is 0. The number of nitrogens with one attached hydrogen (secondary N) is 2. The molecule has 5 nitrogen and oxygen atoms in total. The molecule has 0 saturated carbocycles. The molecule has 0 radical (unpaired) electrons. The maximum absolute atomic E-state index is 13.7. The molecule has 2 N–H and O–H groups in total. The Kier molecular flexibility index (Phi) is 5.41. The van der Waals surface area contributed by atoms with E-state index in [1.165, 1.54) is 61.5 Å². The Labute approximate surface area is 161 Å². The van der Waals surface area contributed by atoms with Gasteiger partial charge in [0.05, 0.1) is 4.90 Å². The van der Waals surface area contributed by atoms with Gasteiger partial charge in [-0.05, 0) is 61.0 Å². The van der Waals surface area contributed by atoms with Gasteiger partial charge in [-0.1, -0.05) is 18.2 Å². The molecule has 0 aliphatic rings. The molecule has 0 aliphatic heterocycles. The quantitative estimate of drug-likeness (QED) is 0.667. The predicted molar refractivity (Wildman–Crippen MR) is 103 cm³/mol. The van der Waals surface area contributed by atoms with Crippen LogP contribution in [-0.4, -0.2) is 14.3 Å². The molecule has 8 heteroatoms. The minimum atomic E-state index is -4.03. The van der Waals surface area contributed by atoms with Crippen molar-refractivity contribution in [2.24, 2.45) is 0 Å². The van der Waals surface area contributed by atoms with E-state index in [4.69, 9.17) is 0 Å². The number of aryl methyl sites for hydroxylation is 1. The molecule has 0 unspecified atom stereocenters. The van der Waals surface area contributed by atoms with Crippen molar-refractivity contribution in [1.82, 2.24) is 0 Å². The minimum absolute atomic E-state index is 0.132. The standard InChI is InChI=1S/C20H16F2N2O3S/c1-13-8-9-18(12-19(13)22)28(26,27)24-17-7-2-4-14(10-17)20(25)23-16-6-3-5-15(21)11-16/h2-12,24H,1H3,(H,23,25). The summed E-state index contributed by atoms with van der Waals surface area (Å²) in [6, 6.07) is 14.8. The van der Waals surface area contributed by atoms with E-state index in [1.807, 2.05) is 0 Å². The fraction of sp³-hybridized carbons (Fsp3) is 0.0500. The van der Waals surface area contributed by atoms with Crippen molar-refractivity contribution in [3.63, 3.8) is 0 Å². The zero-order valence-electron chi connectivity index (χ0n) is 14.7. The van der Waals surface area contributed by atoms with E-state index in [1.54, 1.807) is 0 Å². The Morgan fingerprint density at radius 1 is 0.893 bits per heavy atom. The highest BCUT2D eigenvalue weighted by atomic mass is 32.2. The number of halogens is 2. The lowest BCUT2D eigenvalue weighted by Crippen LogP contribution is -2.15. The molecule has 0 fully saturated rings. The normalized spacial score (nSPS) is 11.1. The van der Waals surface area contributed by atoms with Gasteiger partial charge in [0.25, 0.3) is 15.9 Å². The van der Waals surface area contributed by atoms with Gasteiger partial charge in [-0.3, -0.25) is 9.52 Å². The summed E-state index contributed by atoms with van der Waals surface area (Å²) in [5.41, 5.74) is 0.897. The average molecular weight is 402 g/mol. The summed E-state index contributed by atoms with van der Waals surface area (Å²) in [5.74, 6) is -1.66. The highest BCUT2D eigenvalue weighted by Gasteiger charge is 2.17. The Hall–Kier alpha value is -3.26. The molecule has 0 aliphatic carbocycles. The van der Waals surface area contributed by atoms with Crippen LogP contribution in [0.4, 0.5) is 20.2 Å². The van der Waals surface area contributed by atoms with Crippen molar-refractivity contribution in [3.05, 3.63) is 89.5 Å². The van der Waals surface area contributed by atoms with Crippen molar-refractivity contribution in [3.8, 4) is 0 Å². The molecule has 0 atom stereocenters. The summed E-state index contributed by atoms with van der Waals surface area (Å²) in [6.45, 7) is 1.53. The zero-order chi connectivity index (χ0) is 20.3. The fourth-order valence-corrected chi connectivity index (χ4v) is 3.51. The molecule has 28 heavy (non-hydrogen) atoms. The Morgan fingerprint density at radius 2 is 1.61 bits per heavy atom. The first-order chi connectivity index (χ1) is 13.2. The van der Waals surface area contributed by atoms with Crippen LogP contribution in [-0.2, 0) is 10.0 Å². The van der Waals surface area contributed by atoms with Crippen LogP contribution in [0.3, 0.4) is 0 Å². The molecular formula is C20H16F2N2O3S. The number of amides is 1. The molecule has 0 spiro atoms. The third-order valence-corrected chi connectivity index (χ3v) is 5.29. The van der Waals surface area contributed by atoms with E-state index in [0.717, 1.165) is 12.1 Å². The zero-order valence-corrected chi connectivity index (χ0v) is 15.6. The van der Waals surface area contributed by atoms with E-state index < -0.39 is 27.6 Å². The molecule has 0 heterocycles.